The molecule has 2 heterocycles. The van der Waals surface area contributed by atoms with Crippen molar-refractivity contribution in [2.75, 3.05) is 6.54 Å². The summed E-state index contributed by atoms with van der Waals surface area (Å²) in [7, 11) is 1.85. The molecule has 0 saturated heterocycles. The fourth-order valence-corrected chi connectivity index (χ4v) is 3.23. The van der Waals surface area contributed by atoms with Crippen molar-refractivity contribution in [3.8, 4) is 22.5 Å². The number of pyridine rings is 1. The first-order valence-corrected chi connectivity index (χ1v) is 10.4. The van der Waals surface area contributed by atoms with Crippen molar-refractivity contribution in [1.29, 1.82) is 0 Å². The van der Waals surface area contributed by atoms with E-state index in [0.29, 0.717) is 12.2 Å². The molecule has 0 aliphatic rings. The van der Waals surface area contributed by atoms with E-state index in [1.807, 2.05) is 53.1 Å². The maximum absolute atomic E-state index is 13.4. The zero-order chi connectivity index (χ0) is 23.5. The van der Waals surface area contributed by atoms with Gasteiger partial charge in [-0.25, -0.2) is 9.18 Å². The van der Waals surface area contributed by atoms with Crippen LogP contribution in [-0.4, -0.2) is 37.9 Å². The van der Waals surface area contributed by atoms with Gasteiger partial charge in [0.25, 0.3) is 0 Å². The molecule has 0 bridgehead atoms. The van der Waals surface area contributed by atoms with E-state index < -0.39 is 11.7 Å². The number of hydrogen-bond donors (Lipinski definition) is 0. The molecule has 0 unspecified atom stereocenters. The minimum Gasteiger partial charge on any atom is -0.444 e. The van der Waals surface area contributed by atoms with Crippen molar-refractivity contribution in [1.82, 2.24) is 19.7 Å². The summed E-state index contributed by atoms with van der Waals surface area (Å²) in [6.07, 6.45) is 3.17. The van der Waals surface area contributed by atoms with Crippen LogP contribution in [-0.2, 0) is 18.3 Å². The monoisotopic (exact) mass is 436 g/mol. The first-order chi connectivity index (χ1) is 15.0. The number of hydrogen-bond acceptors (Lipinski definition) is 4. The highest BCUT2D eigenvalue weighted by Crippen LogP contribution is 2.28. The number of aromatic nitrogens is 3. The summed E-state index contributed by atoms with van der Waals surface area (Å²) in [6, 6.07) is 10.0. The molecule has 0 spiro atoms. The standard InChI is InChI=1S/C25H29FN4O2/c1-17(2)15-30(24(31)32-25(3,4)5)16-19-14-27-23(18-7-9-20(26)10-8-18)13-21(19)22-11-12-29(6)28-22/h7-14H,1,15-16H2,2-6H3. The summed E-state index contributed by atoms with van der Waals surface area (Å²) in [5.41, 5.74) is 4.13. The highest BCUT2D eigenvalue weighted by molar-refractivity contribution is 5.72. The number of amides is 1. The molecule has 0 N–H and O–H groups in total. The number of benzene rings is 1. The molecule has 7 heteroatoms. The van der Waals surface area contributed by atoms with Gasteiger partial charge in [0.2, 0.25) is 0 Å². The number of aryl methyl sites for hydroxylation is 1. The van der Waals surface area contributed by atoms with Crippen LogP contribution < -0.4 is 0 Å². The molecule has 2 aromatic heterocycles. The molecule has 1 amide bonds. The number of halogens is 1. The third-order valence-electron chi connectivity index (χ3n) is 4.59. The number of rotatable bonds is 6. The van der Waals surface area contributed by atoms with E-state index in [2.05, 4.69) is 16.7 Å². The van der Waals surface area contributed by atoms with E-state index in [9.17, 15) is 9.18 Å². The zero-order valence-corrected chi connectivity index (χ0v) is 19.2. The van der Waals surface area contributed by atoms with Crippen LogP contribution in [0.3, 0.4) is 0 Å². The van der Waals surface area contributed by atoms with Gasteiger partial charge in [-0.15, -0.1) is 0 Å². The molecular formula is C25H29FN4O2. The lowest BCUT2D eigenvalue weighted by Crippen LogP contribution is -2.37. The summed E-state index contributed by atoms with van der Waals surface area (Å²) in [5.74, 6) is -0.303. The average molecular weight is 437 g/mol. The first kappa shape index (κ1) is 23.2. The van der Waals surface area contributed by atoms with Crippen LogP contribution in [0, 0.1) is 5.82 Å². The van der Waals surface area contributed by atoms with Crippen molar-refractivity contribution >= 4 is 6.09 Å². The molecule has 32 heavy (non-hydrogen) atoms. The highest BCUT2D eigenvalue weighted by Gasteiger charge is 2.24. The van der Waals surface area contributed by atoms with Crippen molar-refractivity contribution in [2.45, 2.75) is 39.8 Å². The summed E-state index contributed by atoms with van der Waals surface area (Å²) < 4.78 is 20.7. The molecule has 0 fully saturated rings. The Kier molecular flexibility index (Phi) is 6.77. The van der Waals surface area contributed by atoms with Gasteiger partial charge in [0.1, 0.15) is 11.4 Å². The van der Waals surface area contributed by atoms with E-state index in [-0.39, 0.29) is 12.4 Å². The van der Waals surface area contributed by atoms with Crippen LogP contribution in [0.2, 0.25) is 0 Å². The summed E-state index contributed by atoms with van der Waals surface area (Å²) >= 11 is 0. The molecule has 1 aromatic carbocycles. The average Bonchev–Trinajstić information content (AvgIpc) is 3.13. The number of carbonyl (C=O) groups is 1. The predicted molar refractivity (Wildman–Crippen MR) is 123 cm³/mol. The van der Waals surface area contributed by atoms with Gasteiger partial charge in [-0.3, -0.25) is 14.6 Å². The van der Waals surface area contributed by atoms with Crippen LogP contribution in [0.15, 0.2) is 60.9 Å². The summed E-state index contributed by atoms with van der Waals surface area (Å²) in [4.78, 5) is 19.0. The van der Waals surface area contributed by atoms with E-state index in [1.165, 1.54) is 12.1 Å². The van der Waals surface area contributed by atoms with Gasteiger partial charge in [0.15, 0.2) is 0 Å². The van der Waals surface area contributed by atoms with Crippen molar-refractivity contribution < 1.29 is 13.9 Å². The van der Waals surface area contributed by atoms with E-state index in [0.717, 1.165) is 28.0 Å². The Morgan fingerprint density at radius 1 is 1.19 bits per heavy atom. The fraction of sp³-hybridized carbons (Fsp3) is 0.320. The largest absolute Gasteiger partial charge is 0.444 e. The van der Waals surface area contributed by atoms with Gasteiger partial charge in [0.05, 0.1) is 17.9 Å². The smallest absolute Gasteiger partial charge is 0.410 e. The van der Waals surface area contributed by atoms with Gasteiger partial charge in [-0.05, 0) is 69.7 Å². The van der Waals surface area contributed by atoms with Gasteiger partial charge in [0, 0.05) is 37.1 Å². The lowest BCUT2D eigenvalue weighted by Gasteiger charge is -2.28. The van der Waals surface area contributed by atoms with Gasteiger partial charge in [-0.2, -0.15) is 5.10 Å². The lowest BCUT2D eigenvalue weighted by atomic mass is 10.0. The minimum atomic E-state index is -0.612. The quantitative estimate of drug-likeness (QED) is 0.472. The molecule has 6 nitrogen and oxygen atoms in total. The number of ether oxygens (including phenoxy) is 1. The molecule has 0 aliphatic heterocycles. The normalized spacial score (nSPS) is 11.3. The Bertz CT molecular complexity index is 1110. The number of nitrogens with zero attached hydrogens (tertiary/aromatic N) is 4. The van der Waals surface area contributed by atoms with E-state index >= 15 is 0 Å². The maximum atomic E-state index is 13.4. The third kappa shape index (κ3) is 6.03. The molecule has 0 saturated carbocycles. The van der Waals surface area contributed by atoms with Crippen LogP contribution >= 0.6 is 0 Å². The maximum Gasteiger partial charge on any atom is 0.410 e. The van der Waals surface area contributed by atoms with Gasteiger partial charge >= 0.3 is 6.09 Å². The number of carbonyl (C=O) groups excluding carboxylic acids is 1. The van der Waals surface area contributed by atoms with Crippen molar-refractivity contribution in [2.24, 2.45) is 7.05 Å². The van der Waals surface area contributed by atoms with Crippen molar-refractivity contribution in [3.05, 3.63) is 72.3 Å². The molecule has 3 rings (SSSR count). The topological polar surface area (TPSA) is 60.2 Å². The molecule has 168 valence electrons. The highest BCUT2D eigenvalue weighted by atomic mass is 19.1. The SMILES string of the molecule is C=C(C)CN(Cc1cnc(-c2ccc(F)cc2)cc1-c1ccn(C)n1)C(=O)OC(C)(C)C. The third-order valence-corrected chi connectivity index (χ3v) is 4.59. The zero-order valence-electron chi connectivity index (χ0n) is 19.2. The molecule has 3 aromatic rings. The molecule has 0 atom stereocenters. The van der Waals surface area contributed by atoms with Crippen LogP contribution in [0.1, 0.15) is 33.3 Å². The van der Waals surface area contributed by atoms with Gasteiger partial charge < -0.3 is 4.74 Å². The Balaban J connectivity index is 2.02. The van der Waals surface area contributed by atoms with Crippen LogP contribution in [0.5, 0.6) is 0 Å². The van der Waals surface area contributed by atoms with Crippen molar-refractivity contribution in [3.63, 3.8) is 0 Å². The lowest BCUT2D eigenvalue weighted by molar-refractivity contribution is 0.0252. The Morgan fingerprint density at radius 3 is 2.44 bits per heavy atom. The molecule has 0 radical (unpaired) electrons. The first-order valence-electron chi connectivity index (χ1n) is 10.4. The van der Waals surface area contributed by atoms with Crippen LogP contribution in [0.25, 0.3) is 22.5 Å². The van der Waals surface area contributed by atoms with Gasteiger partial charge in [-0.1, -0.05) is 12.2 Å². The second-order valence-electron chi connectivity index (χ2n) is 8.90. The Morgan fingerprint density at radius 2 is 1.88 bits per heavy atom. The second kappa shape index (κ2) is 9.34. The minimum absolute atomic E-state index is 0.282. The van der Waals surface area contributed by atoms with Crippen LogP contribution in [0.4, 0.5) is 9.18 Å². The van der Waals surface area contributed by atoms with E-state index in [1.54, 1.807) is 27.9 Å². The second-order valence-corrected chi connectivity index (χ2v) is 8.90. The predicted octanol–water partition coefficient (Wildman–Crippen LogP) is 5.60. The Hall–Kier alpha value is -3.48. The summed E-state index contributed by atoms with van der Waals surface area (Å²) in [6.45, 7) is 12.0. The summed E-state index contributed by atoms with van der Waals surface area (Å²) in [5, 5.41) is 4.54. The molecular weight excluding hydrogens is 407 g/mol. The molecule has 0 aliphatic carbocycles. The van der Waals surface area contributed by atoms with E-state index in [4.69, 9.17) is 4.74 Å². The Labute approximate surface area is 188 Å². The fourth-order valence-electron chi connectivity index (χ4n) is 3.23.